The van der Waals surface area contributed by atoms with E-state index in [1.54, 1.807) is 24.5 Å². The van der Waals surface area contributed by atoms with Crippen LogP contribution in [0.5, 0.6) is 0 Å². The van der Waals surface area contributed by atoms with E-state index >= 15 is 0 Å². The first-order chi connectivity index (χ1) is 7.59. The second-order valence-electron chi connectivity index (χ2n) is 3.70. The smallest absolute Gasteiger partial charge is 0.222 e. The molecule has 0 unspecified atom stereocenters. The molecule has 0 aliphatic rings. The third-order valence-electron chi connectivity index (χ3n) is 2.63. The van der Waals surface area contributed by atoms with Crippen molar-refractivity contribution in [3.8, 4) is 11.1 Å². The van der Waals surface area contributed by atoms with Crippen LogP contribution in [-0.2, 0) is 0 Å². The summed E-state index contributed by atoms with van der Waals surface area (Å²) in [6, 6.07) is 3.21. The Morgan fingerprint density at radius 3 is 2.56 bits per heavy atom. The van der Waals surface area contributed by atoms with E-state index in [0.29, 0.717) is 5.56 Å². The molecule has 0 aliphatic carbocycles. The fraction of sp³-hybridized carbons (Fsp3) is 0.167. The fourth-order valence-electron chi connectivity index (χ4n) is 1.55. The summed E-state index contributed by atoms with van der Waals surface area (Å²) < 4.78 is 13.6. The molecule has 4 heteroatoms. The summed E-state index contributed by atoms with van der Waals surface area (Å²) in [6.07, 6.45) is 3.39. The number of hydrogen-bond acceptors (Lipinski definition) is 3. The zero-order valence-corrected chi connectivity index (χ0v) is 9.16. The number of pyridine rings is 2. The van der Waals surface area contributed by atoms with Crippen LogP contribution in [0.1, 0.15) is 11.1 Å². The van der Waals surface area contributed by atoms with Gasteiger partial charge in [0.15, 0.2) is 0 Å². The lowest BCUT2D eigenvalue weighted by molar-refractivity contribution is 0.589. The summed E-state index contributed by atoms with van der Waals surface area (Å²) in [5.41, 5.74) is 8.62. The molecule has 82 valence electrons. The van der Waals surface area contributed by atoms with Crippen LogP contribution >= 0.6 is 0 Å². The molecule has 0 fully saturated rings. The molecular weight excluding hydrogens is 205 g/mol. The lowest BCUT2D eigenvalue weighted by Crippen LogP contribution is -1.97. The van der Waals surface area contributed by atoms with Gasteiger partial charge in [0.1, 0.15) is 5.82 Å². The van der Waals surface area contributed by atoms with Crippen molar-refractivity contribution in [2.24, 2.45) is 0 Å². The molecule has 2 aromatic rings. The number of anilines is 1. The number of aromatic nitrogens is 2. The van der Waals surface area contributed by atoms with Crippen molar-refractivity contribution >= 4 is 5.82 Å². The van der Waals surface area contributed by atoms with E-state index in [9.17, 15) is 4.39 Å². The summed E-state index contributed by atoms with van der Waals surface area (Å²) in [6.45, 7) is 3.87. The standard InChI is InChI=1S/C12H12FN3/c1-7-5-15-6-10(8(7)2)9-3-4-11(14)16-12(9)13/h3-6H,1-2H3,(H2,14,16). The molecule has 0 aliphatic heterocycles. The lowest BCUT2D eigenvalue weighted by Gasteiger charge is -2.08. The van der Waals surface area contributed by atoms with Crippen molar-refractivity contribution in [2.75, 3.05) is 5.73 Å². The molecule has 0 saturated heterocycles. The van der Waals surface area contributed by atoms with Crippen LogP contribution in [0.25, 0.3) is 11.1 Å². The van der Waals surface area contributed by atoms with E-state index < -0.39 is 5.95 Å². The van der Waals surface area contributed by atoms with Gasteiger partial charge >= 0.3 is 0 Å². The Morgan fingerprint density at radius 1 is 1.12 bits per heavy atom. The van der Waals surface area contributed by atoms with Crippen molar-refractivity contribution in [3.63, 3.8) is 0 Å². The molecule has 0 atom stereocenters. The minimum atomic E-state index is -0.560. The third kappa shape index (κ3) is 1.74. The van der Waals surface area contributed by atoms with E-state index in [4.69, 9.17) is 5.73 Å². The number of aryl methyl sites for hydroxylation is 1. The molecule has 0 amide bonds. The van der Waals surface area contributed by atoms with Crippen LogP contribution in [0.2, 0.25) is 0 Å². The van der Waals surface area contributed by atoms with Gasteiger partial charge in [-0.05, 0) is 37.1 Å². The summed E-state index contributed by atoms with van der Waals surface area (Å²) in [5.74, 6) is -0.380. The SMILES string of the molecule is Cc1cncc(-c2ccc(N)nc2F)c1C. The number of rotatable bonds is 1. The highest BCUT2D eigenvalue weighted by Crippen LogP contribution is 2.26. The summed E-state index contributed by atoms with van der Waals surface area (Å²) in [4.78, 5) is 7.66. The van der Waals surface area contributed by atoms with Crippen LogP contribution in [0, 0.1) is 19.8 Å². The first-order valence-corrected chi connectivity index (χ1v) is 4.93. The Kier molecular flexibility index (Phi) is 2.56. The average Bonchev–Trinajstić information content (AvgIpc) is 2.23. The zero-order valence-electron chi connectivity index (χ0n) is 9.16. The Bertz CT molecular complexity index is 538. The van der Waals surface area contributed by atoms with Gasteiger partial charge in [0.2, 0.25) is 5.95 Å². The molecule has 0 saturated carbocycles. The van der Waals surface area contributed by atoms with Crippen LogP contribution in [0.4, 0.5) is 10.2 Å². The summed E-state index contributed by atoms with van der Waals surface area (Å²) in [7, 11) is 0. The molecule has 16 heavy (non-hydrogen) atoms. The second-order valence-corrected chi connectivity index (χ2v) is 3.70. The summed E-state index contributed by atoms with van der Waals surface area (Å²) in [5, 5.41) is 0. The third-order valence-corrected chi connectivity index (χ3v) is 2.63. The van der Waals surface area contributed by atoms with Gasteiger partial charge in [-0.15, -0.1) is 0 Å². The van der Waals surface area contributed by atoms with E-state index in [1.807, 2.05) is 13.8 Å². The van der Waals surface area contributed by atoms with E-state index in [2.05, 4.69) is 9.97 Å². The Labute approximate surface area is 93.2 Å². The molecule has 2 rings (SSSR count). The van der Waals surface area contributed by atoms with Gasteiger partial charge in [0.25, 0.3) is 0 Å². The molecule has 0 radical (unpaired) electrons. The molecule has 2 N–H and O–H groups in total. The highest BCUT2D eigenvalue weighted by molar-refractivity contribution is 5.67. The average molecular weight is 217 g/mol. The maximum absolute atomic E-state index is 13.6. The fourth-order valence-corrected chi connectivity index (χ4v) is 1.55. The van der Waals surface area contributed by atoms with Crippen molar-refractivity contribution in [1.29, 1.82) is 0 Å². The van der Waals surface area contributed by atoms with Crippen LogP contribution in [0.15, 0.2) is 24.5 Å². The highest BCUT2D eigenvalue weighted by atomic mass is 19.1. The lowest BCUT2D eigenvalue weighted by atomic mass is 10.0. The quantitative estimate of drug-likeness (QED) is 0.746. The Morgan fingerprint density at radius 2 is 1.88 bits per heavy atom. The normalized spacial score (nSPS) is 10.4. The monoisotopic (exact) mass is 217 g/mol. The number of hydrogen-bond donors (Lipinski definition) is 1. The molecule has 0 spiro atoms. The molecule has 3 nitrogen and oxygen atoms in total. The van der Waals surface area contributed by atoms with E-state index in [1.165, 1.54) is 0 Å². The molecule has 0 aromatic carbocycles. The van der Waals surface area contributed by atoms with Gasteiger partial charge in [-0.1, -0.05) is 0 Å². The number of halogens is 1. The Balaban J connectivity index is 2.63. The second kappa shape index (κ2) is 3.89. The zero-order chi connectivity index (χ0) is 11.7. The number of nitrogen functional groups attached to an aromatic ring is 1. The van der Waals surface area contributed by atoms with Gasteiger partial charge < -0.3 is 5.73 Å². The summed E-state index contributed by atoms with van der Waals surface area (Å²) >= 11 is 0. The first-order valence-electron chi connectivity index (χ1n) is 4.93. The van der Waals surface area contributed by atoms with Crippen molar-refractivity contribution in [2.45, 2.75) is 13.8 Å². The predicted octanol–water partition coefficient (Wildman–Crippen LogP) is 2.48. The highest BCUT2D eigenvalue weighted by Gasteiger charge is 2.10. The van der Waals surface area contributed by atoms with E-state index in [0.717, 1.165) is 16.7 Å². The van der Waals surface area contributed by atoms with Gasteiger partial charge in [-0.2, -0.15) is 4.39 Å². The Hall–Kier alpha value is -1.97. The van der Waals surface area contributed by atoms with E-state index in [-0.39, 0.29) is 5.82 Å². The van der Waals surface area contributed by atoms with Crippen molar-refractivity contribution in [3.05, 3.63) is 41.6 Å². The molecule has 2 heterocycles. The van der Waals surface area contributed by atoms with Crippen LogP contribution in [-0.4, -0.2) is 9.97 Å². The molecule has 0 bridgehead atoms. The van der Waals surface area contributed by atoms with Gasteiger partial charge in [0, 0.05) is 23.5 Å². The van der Waals surface area contributed by atoms with Crippen molar-refractivity contribution in [1.82, 2.24) is 9.97 Å². The van der Waals surface area contributed by atoms with Gasteiger partial charge in [-0.25, -0.2) is 4.98 Å². The van der Waals surface area contributed by atoms with Crippen molar-refractivity contribution < 1.29 is 4.39 Å². The number of nitrogens with two attached hydrogens (primary N) is 1. The minimum absolute atomic E-state index is 0.180. The minimum Gasteiger partial charge on any atom is -0.384 e. The van der Waals surface area contributed by atoms with Gasteiger partial charge in [0.05, 0.1) is 0 Å². The molecular formula is C12H12FN3. The van der Waals surface area contributed by atoms with Crippen LogP contribution in [0.3, 0.4) is 0 Å². The predicted molar refractivity (Wildman–Crippen MR) is 61.3 cm³/mol. The number of nitrogens with zero attached hydrogens (tertiary/aromatic N) is 2. The first kappa shape index (κ1) is 10.5. The largest absolute Gasteiger partial charge is 0.384 e. The van der Waals surface area contributed by atoms with Gasteiger partial charge in [-0.3, -0.25) is 4.98 Å². The van der Waals surface area contributed by atoms with Crippen LogP contribution < -0.4 is 5.73 Å². The topological polar surface area (TPSA) is 51.8 Å². The maximum atomic E-state index is 13.6. The maximum Gasteiger partial charge on any atom is 0.222 e. The molecule has 2 aromatic heterocycles.